The van der Waals surface area contributed by atoms with Gasteiger partial charge in [0.15, 0.2) is 0 Å². The molecule has 2 aliphatic rings. The van der Waals surface area contributed by atoms with E-state index >= 15 is 0 Å². The van der Waals surface area contributed by atoms with E-state index in [-0.39, 0.29) is 0 Å². The minimum absolute atomic E-state index is 0.728. The van der Waals surface area contributed by atoms with Crippen LogP contribution in [-0.4, -0.2) is 26.3 Å². The second-order valence-corrected chi connectivity index (χ2v) is 5.98. The third-order valence-corrected chi connectivity index (χ3v) is 4.68. The van der Waals surface area contributed by atoms with E-state index in [0.29, 0.717) is 0 Å². The molecule has 1 aromatic rings. The maximum absolute atomic E-state index is 5.50. The van der Waals surface area contributed by atoms with E-state index in [4.69, 9.17) is 4.74 Å². The van der Waals surface area contributed by atoms with Gasteiger partial charge in [-0.25, -0.2) is 0 Å². The molecule has 0 aliphatic carbocycles. The Hall–Kier alpha value is -0.860. The molecule has 19 heavy (non-hydrogen) atoms. The smallest absolute Gasteiger partial charge is 0.0471 e. The summed E-state index contributed by atoms with van der Waals surface area (Å²) in [4.78, 5) is 0. The standard InChI is InChI=1S/C17H25NO/c1-2-4-17(15-7-11-19-12-8-15)16(3-1)13-14-5-9-18-10-6-14/h1-4,14-15,18H,5-13H2. The van der Waals surface area contributed by atoms with E-state index in [9.17, 15) is 0 Å². The van der Waals surface area contributed by atoms with Crippen LogP contribution in [0.4, 0.5) is 0 Å². The van der Waals surface area contributed by atoms with E-state index in [1.165, 1.54) is 45.2 Å². The first-order valence-corrected chi connectivity index (χ1v) is 7.80. The van der Waals surface area contributed by atoms with Gasteiger partial charge in [-0.15, -0.1) is 0 Å². The van der Waals surface area contributed by atoms with Gasteiger partial charge in [-0.3, -0.25) is 0 Å². The van der Waals surface area contributed by atoms with Crippen LogP contribution < -0.4 is 5.32 Å². The molecule has 0 amide bonds. The maximum Gasteiger partial charge on any atom is 0.0471 e. The summed E-state index contributed by atoms with van der Waals surface area (Å²) >= 11 is 0. The quantitative estimate of drug-likeness (QED) is 0.900. The zero-order valence-corrected chi connectivity index (χ0v) is 11.7. The summed E-state index contributed by atoms with van der Waals surface area (Å²) < 4.78 is 5.50. The molecule has 0 spiro atoms. The Kier molecular flexibility index (Phi) is 4.52. The lowest BCUT2D eigenvalue weighted by Crippen LogP contribution is -2.29. The molecule has 2 fully saturated rings. The molecule has 0 bridgehead atoms. The number of piperidine rings is 1. The van der Waals surface area contributed by atoms with Crippen molar-refractivity contribution in [3.63, 3.8) is 0 Å². The molecule has 1 N–H and O–H groups in total. The lowest BCUT2D eigenvalue weighted by molar-refractivity contribution is 0.0851. The molecule has 2 heterocycles. The van der Waals surface area contributed by atoms with E-state index in [0.717, 1.165) is 25.0 Å². The summed E-state index contributed by atoms with van der Waals surface area (Å²) in [5, 5.41) is 3.46. The summed E-state index contributed by atoms with van der Waals surface area (Å²) in [6, 6.07) is 9.12. The molecule has 0 radical (unpaired) electrons. The van der Waals surface area contributed by atoms with Crippen LogP contribution in [0.2, 0.25) is 0 Å². The Morgan fingerprint density at radius 2 is 1.74 bits per heavy atom. The normalized spacial score (nSPS) is 22.5. The van der Waals surface area contributed by atoms with E-state index < -0.39 is 0 Å². The molecule has 2 saturated heterocycles. The van der Waals surface area contributed by atoms with Crippen molar-refractivity contribution in [2.75, 3.05) is 26.3 Å². The van der Waals surface area contributed by atoms with Gasteiger partial charge < -0.3 is 10.1 Å². The topological polar surface area (TPSA) is 21.3 Å². The molecule has 2 heteroatoms. The second-order valence-electron chi connectivity index (χ2n) is 5.98. The number of benzene rings is 1. The number of rotatable bonds is 3. The lowest BCUT2D eigenvalue weighted by atomic mass is 9.83. The van der Waals surface area contributed by atoms with Crippen LogP contribution in [0.1, 0.15) is 42.7 Å². The Morgan fingerprint density at radius 3 is 2.53 bits per heavy atom. The number of hydrogen-bond donors (Lipinski definition) is 1. The number of nitrogens with one attached hydrogen (secondary N) is 1. The molecule has 2 aliphatic heterocycles. The monoisotopic (exact) mass is 259 g/mol. The maximum atomic E-state index is 5.50. The van der Waals surface area contributed by atoms with Crippen molar-refractivity contribution in [1.29, 1.82) is 0 Å². The van der Waals surface area contributed by atoms with Crippen LogP contribution in [0.15, 0.2) is 24.3 Å². The second kappa shape index (κ2) is 6.53. The Labute approximate surface area is 116 Å². The Balaban J connectivity index is 1.72. The van der Waals surface area contributed by atoms with E-state index in [1.54, 1.807) is 11.1 Å². The van der Waals surface area contributed by atoms with Crippen LogP contribution in [0, 0.1) is 5.92 Å². The fourth-order valence-corrected chi connectivity index (χ4v) is 3.52. The average molecular weight is 259 g/mol. The highest BCUT2D eigenvalue weighted by Crippen LogP contribution is 2.31. The first-order chi connectivity index (χ1) is 9.43. The minimum Gasteiger partial charge on any atom is -0.381 e. The molecule has 0 unspecified atom stereocenters. The van der Waals surface area contributed by atoms with Gasteiger partial charge in [-0.05, 0) is 68.2 Å². The van der Waals surface area contributed by atoms with Crippen LogP contribution in [0.25, 0.3) is 0 Å². The van der Waals surface area contributed by atoms with Crippen LogP contribution in [0.5, 0.6) is 0 Å². The van der Waals surface area contributed by atoms with Crippen LogP contribution in [-0.2, 0) is 11.2 Å². The third-order valence-electron chi connectivity index (χ3n) is 4.68. The molecular formula is C17H25NO. The predicted octanol–water partition coefficient (Wildman–Crippen LogP) is 3.12. The Morgan fingerprint density at radius 1 is 1.00 bits per heavy atom. The molecular weight excluding hydrogens is 234 g/mol. The molecule has 0 aromatic heterocycles. The van der Waals surface area contributed by atoms with Gasteiger partial charge in [0, 0.05) is 13.2 Å². The molecule has 3 rings (SSSR count). The predicted molar refractivity (Wildman–Crippen MR) is 78.5 cm³/mol. The summed E-state index contributed by atoms with van der Waals surface area (Å²) in [5.74, 6) is 1.61. The SMILES string of the molecule is c1ccc(C2CCOCC2)c(CC2CCNCC2)c1. The average Bonchev–Trinajstić information content (AvgIpc) is 2.50. The van der Waals surface area contributed by atoms with Crippen molar-refractivity contribution in [2.45, 2.75) is 38.0 Å². The highest BCUT2D eigenvalue weighted by Gasteiger charge is 2.20. The molecule has 0 atom stereocenters. The van der Waals surface area contributed by atoms with Gasteiger partial charge >= 0.3 is 0 Å². The minimum atomic E-state index is 0.728. The van der Waals surface area contributed by atoms with Gasteiger partial charge in [-0.2, -0.15) is 0 Å². The Bertz CT molecular complexity index is 392. The fourth-order valence-electron chi connectivity index (χ4n) is 3.52. The lowest BCUT2D eigenvalue weighted by Gasteiger charge is -2.27. The van der Waals surface area contributed by atoms with Crippen molar-refractivity contribution in [2.24, 2.45) is 5.92 Å². The van der Waals surface area contributed by atoms with Crippen molar-refractivity contribution in [3.05, 3.63) is 35.4 Å². The van der Waals surface area contributed by atoms with Gasteiger partial charge in [0.1, 0.15) is 0 Å². The summed E-state index contributed by atoms with van der Waals surface area (Å²) in [7, 11) is 0. The highest BCUT2D eigenvalue weighted by molar-refractivity contribution is 5.31. The van der Waals surface area contributed by atoms with E-state index in [1.807, 2.05) is 0 Å². The van der Waals surface area contributed by atoms with Crippen molar-refractivity contribution >= 4 is 0 Å². The number of hydrogen-bond acceptors (Lipinski definition) is 2. The zero-order valence-electron chi connectivity index (χ0n) is 11.7. The van der Waals surface area contributed by atoms with E-state index in [2.05, 4.69) is 29.6 Å². The van der Waals surface area contributed by atoms with Crippen molar-refractivity contribution < 1.29 is 4.74 Å². The van der Waals surface area contributed by atoms with Gasteiger partial charge in [-0.1, -0.05) is 24.3 Å². The summed E-state index contributed by atoms with van der Waals surface area (Å²) in [5.41, 5.74) is 3.20. The van der Waals surface area contributed by atoms with Crippen molar-refractivity contribution in [1.82, 2.24) is 5.32 Å². The zero-order chi connectivity index (χ0) is 12.9. The first kappa shape index (κ1) is 13.1. The van der Waals surface area contributed by atoms with Crippen LogP contribution in [0.3, 0.4) is 0 Å². The van der Waals surface area contributed by atoms with Crippen molar-refractivity contribution in [3.8, 4) is 0 Å². The molecule has 2 nitrogen and oxygen atoms in total. The molecule has 1 aromatic carbocycles. The fraction of sp³-hybridized carbons (Fsp3) is 0.647. The first-order valence-electron chi connectivity index (χ1n) is 7.80. The number of ether oxygens (including phenoxy) is 1. The van der Waals surface area contributed by atoms with Gasteiger partial charge in [0.25, 0.3) is 0 Å². The highest BCUT2D eigenvalue weighted by atomic mass is 16.5. The third kappa shape index (κ3) is 3.37. The summed E-state index contributed by atoms with van der Waals surface area (Å²) in [6.45, 7) is 4.27. The van der Waals surface area contributed by atoms with Gasteiger partial charge in [0.2, 0.25) is 0 Å². The van der Waals surface area contributed by atoms with Crippen LogP contribution >= 0.6 is 0 Å². The van der Waals surface area contributed by atoms with Gasteiger partial charge in [0.05, 0.1) is 0 Å². The molecule has 0 saturated carbocycles. The largest absolute Gasteiger partial charge is 0.381 e. The molecule has 104 valence electrons. The summed E-state index contributed by atoms with van der Waals surface area (Å²) in [6.07, 6.45) is 6.34.